The van der Waals surface area contributed by atoms with Crippen molar-refractivity contribution in [3.63, 3.8) is 0 Å². The van der Waals surface area contributed by atoms with Crippen molar-refractivity contribution in [1.29, 1.82) is 0 Å². The molecule has 8 rings (SSSR count). The number of nitrogens with zero attached hydrogens (tertiary/aromatic N) is 5. The molecular formula is C58H72N11NaO21S2. The zero-order chi connectivity index (χ0) is 66.7. The van der Waals surface area contributed by atoms with Gasteiger partial charge in [-0.05, 0) is 67.4 Å². The molecule has 3 aromatic carbocycles. The van der Waals surface area contributed by atoms with Crippen molar-refractivity contribution in [2.75, 3.05) is 26.2 Å². The number of β-amino-alcohol motifs (C(OH)–C–C–N with tert-alkyl or cyclic N) is 1. The van der Waals surface area contributed by atoms with Gasteiger partial charge in [-0.1, -0.05) is 62.6 Å². The van der Waals surface area contributed by atoms with Crippen LogP contribution in [0.2, 0.25) is 0 Å². The molecule has 32 nitrogen and oxygen atoms in total. The van der Waals surface area contributed by atoms with E-state index in [9.17, 15) is 84.5 Å². The number of carbonyl (C=O) groups excluding carboxylic acids is 8. The second-order valence-electron chi connectivity index (χ2n) is 22.6. The number of amides is 8. The van der Waals surface area contributed by atoms with Gasteiger partial charge in [-0.2, -0.15) is 5.10 Å². The van der Waals surface area contributed by atoms with Crippen molar-refractivity contribution in [3.05, 3.63) is 84.1 Å². The molecule has 3 fully saturated rings. The SMILES string of the molecule is CCCCCCOc1ccc(-c2nn3cc(-c4ccc(C(=O)NC5CC(O)CNC(=O)C6C(O)C(C)CN6C(=O)C(C(O)CC(N)=O)NC(=O)C(C(O)C(O)c6ccc(O)c(OSOO[O-])c6)NC(=O)C6CC(O)CN6C(=O)C(C(C)O)NC5=O)cc4)nc3s2)cc1.[Na+]. The van der Waals surface area contributed by atoms with Crippen LogP contribution in [0.4, 0.5) is 0 Å². The fourth-order valence-corrected chi connectivity index (χ4v) is 12.0. The molecule has 0 radical (unpaired) electrons. The Morgan fingerprint density at radius 1 is 0.828 bits per heavy atom. The van der Waals surface area contributed by atoms with Crippen LogP contribution in [0.5, 0.6) is 17.2 Å². The van der Waals surface area contributed by atoms with Crippen LogP contribution < -0.4 is 76.1 Å². The van der Waals surface area contributed by atoms with Crippen LogP contribution in [0.25, 0.3) is 26.8 Å². The Labute approximate surface area is 561 Å². The quantitative estimate of drug-likeness (QED) is 0.0107. The summed E-state index contributed by atoms with van der Waals surface area (Å²) in [5, 5.41) is 121. The van der Waals surface area contributed by atoms with Crippen LogP contribution in [0, 0.1) is 5.92 Å². The van der Waals surface area contributed by atoms with E-state index in [2.05, 4.69) is 42.9 Å². The molecule has 14 unspecified atom stereocenters. The standard InChI is InChI=1S/C58H73N11O21S2.Na/c1-4-5-6-7-18-87-35-15-12-31(13-16-35)55-66-69-26-37(62-58(69)91-55)29-8-10-30(11-9-29)50(79)61-36-20-33(71)23-60-54(83)46-47(76)27(2)24-68(46)57(85)44(40(74)22-42(59)75)64-53(82)45(49(78)48(77)32-14-17-39(73)41(19-32)88-92-90-89-86)65-52(81)38-21-34(72)25-67(38)56(84)43(28(3)70)63-51(36)80;/h8-17,19,26-28,33-34,36,38,40,43-49,70-74,76-78,86H,4-7,18,20-25H2,1-3H3,(H2,59,75)(H,60,83)(H,61,79)(H,63,80)(H,64,82)(H,65,81);/q;+1/p-1. The minimum absolute atomic E-state index is 0. The van der Waals surface area contributed by atoms with E-state index in [4.69, 9.17) is 24.7 Å². The summed E-state index contributed by atoms with van der Waals surface area (Å²) in [6.07, 6.45) is -10.1. The average molecular weight is 1350 g/mol. The maximum Gasteiger partial charge on any atom is 1.00 e. The summed E-state index contributed by atoms with van der Waals surface area (Å²) in [6.45, 7) is 3.45. The number of phenols is 1. The molecule has 5 heterocycles. The number of hydrogen-bond acceptors (Lipinski definition) is 25. The molecule has 3 aliphatic heterocycles. The van der Waals surface area contributed by atoms with E-state index < -0.39 is 183 Å². The van der Waals surface area contributed by atoms with Crippen LogP contribution in [0.15, 0.2) is 72.9 Å². The Balaban J connectivity index is 0.0000123. The number of phenolic OH excluding ortho intramolecular Hbond substituents is 1. The summed E-state index contributed by atoms with van der Waals surface area (Å²) in [6, 6.07) is 4.18. The van der Waals surface area contributed by atoms with Crippen LogP contribution in [0.1, 0.15) is 87.7 Å². The second kappa shape index (κ2) is 33.3. The summed E-state index contributed by atoms with van der Waals surface area (Å²) in [5.41, 5.74) is 6.95. The Bertz CT molecular complexity index is 3410. The van der Waals surface area contributed by atoms with Crippen molar-refractivity contribution in [2.45, 2.75) is 145 Å². The Morgan fingerprint density at radius 2 is 1.51 bits per heavy atom. The molecule has 35 heteroatoms. The molecule has 93 heavy (non-hydrogen) atoms. The number of primary amides is 1. The molecule has 0 aliphatic carbocycles. The topological polar surface area (TPSA) is 481 Å². The van der Waals surface area contributed by atoms with Crippen molar-refractivity contribution < 1.29 is 132 Å². The van der Waals surface area contributed by atoms with Crippen molar-refractivity contribution in [1.82, 2.24) is 51.0 Å². The molecule has 5 aromatic rings. The number of rotatable bonds is 21. The largest absolute Gasteiger partial charge is 1.00 e. The number of benzene rings is 3. The van der Waals surface area contributed by atoms with Gasteiger partial charge in [-0.3, -0.25) is 43.4 Å². The zero-order valence-corrected chi connectivity index (χ0v) is 54.4. The number of carbonyl (C=O) groups is 8. The van der Waals surface area contributed by atoms with Crippen molar-refractivity contribution in [3.8, 4) is 39.1 Å². The smallest absolute Gasteiger partial charge is 0.691 e. The number of imidazole rings is 1. The van der Waals surface area contributed by atoms with Crippen LogP contribution in [0.3, 0.4) is 0 Å². The molecule has 8 amide bonds. The molecule has 3 saturated heterocycles. The minimum Gasteiger partial charge on any atom is -0.691 e. The molecule has 0 spiro atoms. The number of nitrogens with one attached hydrogen (secondary N) is 5. The molecule has 3 aliphatic rings. The van der Waals surface area contributed by atoms with Crippen molar-refractivity contribution in [2.24, 2.45) is 11.7 Å². The molecule has 0 saturated carbocycles. The normalized spacial score (nSPS) is 24.8. The van der Waals surface area contributed by atoms with Crippen molar-refractivity contribution >= 4 is 75.9 Å². The fourth-order valence-electron chi connectivity index (χ4n) is 10.8. The van der Waals surface area contributed by atoms with Gasteiger partial charge in [-0.15, -0.1) is 4.33 Å². The Hall–Kier alpha value is -7.13. The van der Waals surface area contributed by atoms with Crippen LogP contribution in [-0.2, 0) is 42.9 Å². The van der Waals surface area contributed by atoms with E-state index in [1.807, 2.05) is 24.3 Å². The van der Waals surface area contributed by atoms with E-state index in [0.717, 1.165) is 71.9 Å². The number of aromatic hydroxyl groups is 1. The summed E-state index contributed by atoms with van der Waals surface area (Å²) in [7, 11) is 0. The first-order valence-corrected chi connectivity index (χ1v) is 30.8. The van der Waals surface area contributed by atoms with Gasteiger partial charge in [0.05, 0.1) is 55.4 Å². The monoisotopic (exact) mass is 1350 g/mol. The van der Waals surface area contributed by atoms with E-state index >= 15 is 0 Å². The predicted molar refractivity (Wildman–Crippen MR) is 320 cm³/mol. The number of aliphatic hydroxyl groups excluding tert-OH is 7. The third kappa shape index (κ3) is 18.2. The molecular weight excluding hydrogens is 1270 g/mol. The summed E-state index contributed by atoms with van der Waals surface area (Å²) in [5.74, 6) is -11.3. The average Bonchev–Trinajstić information content (AvgIpc) is 1.78. The predicted octanol–water partition coefficient (Wildman–Crippen LogP) is -5.73. The molecule has 14 atom stereocenters. The summed E-state index contributed by atoms with van der Waals surface area (Å²) < 4.78 is 16.6. The number of nitrogens with two attached hydrogens (primary N) is 1. The first-order valence-electron chi connectivity index (χ1n) is 29.4. The van der Waals surface area contributed by atoms with Gasteiger partial charge in [0.1, 0.15) is 59.2 Å². The second-order valence-corrected chi connectivity index (χ2v) is 24.0. The van der Waals surface area contributed by atoms with Gasteiger partial charge in [0.15, 0.2) is 11.5 Å². The molecule has 498 valence electrons. The summed E-state index contributed by atoms with van der Waals surface area (Å²) in [4.78, 5) is 120. The van der Waals surface area contributed by atoms with E-state index in [0.29, 0.717) is 27.8 Å². The van der Waals surface area contributed by atoms with Crippen LogP contribution >= 0.6 is 23.7 Å². The van der Waals surface area contributed by atoms with Gasteiger partial charge in [0.25, 0.3) is 18.2 Å². The number of aromatic nitrogens is 3. The zero-order valence-electron chi connectivity index (χ0n) is 50.8. The van der Waals surface area contributed by atoms with E-state index in [1.54, 1.807) is 22.8 Å². The first-order chi connectivity index (χ1) is 43.9. The van der Waals surface area contributed by atoms with Gasteiger partial charge in [0.2, 0.25) is 46.3 Å². The number of fused-ring (bicyclic) bond motifs is 3. The van der Waals surface area contributed by atoms with Gasteiger partial charge in [-0.25, -0.2) is 9.50 Å². The first kappa shape index (κ1) is 73.3. The summed E-state index contributed by atoms with van der Waals surface area (Å²) >= 11 is 1.26. The molecule has 0 bridgehead atoms. The third-order valence-corrected chi connectivity index (χ3v) is 17.1. The number of aliphatic hydroxyl groups is 7. The van der Waals surface area contributed by atoms with Gasteiger partial charge < -0.3 is 97.1 Å². The van der Waals surface area contributed by atoms with Gasteiger partial charge in [0, 0.05) is 55.1 Å². The molecule has 2 aromatic heterocycles. The third-order valence-electron chi connectivity index (χ3n) is 15.8. The maximum absolute atomic E-state index is 14.7. The Kier molecular flexibility index (Phi) is 26.2. The van der Waals surface area contributed by atoms with Crippen LogP contribution in [-0.4, -0.2) is 212 Å². The minimum atomic E-state index is -2.54. The number of hydrogen-bond donors (Lipinski definition) is 14. The van der Waals surface area contributed by atoms with E-state index in [1.165, 1.54) is 30.4 Å². The fraction of sp³-hybridized carbons (Fsp3) is 0.483. The maximum atomic E-state index is 14.7. The molecule has 15 N–H and O–H groups in total. The van der Waals surface area contributed by atoms with Gasteiger partial charge >= 0.3 is 29.6 Å². The number of unbranched alkanes of at least 4 members (excludes halogenated alkanes) is 3. The Morgan fingerprint density at radius 3 is 2.17 bits per heavy atom. The number of ether oxygens (including phenoxy) is 1. The van der Waals surface area contributed by atoms with E-state index in [-0.39, 0.29) is 53.0 Å².